The van der Waals surface area contributed by atoms with Crippen molar-refractivity contribution in [1.82, 2.24) is 19.5 Å². The Morgan fingerprint density at radius 2 is 1.92 bits per heavy atom. The van der Waals surface area contributed by atoms with Gasteiger partial charge in [0.2, 0.25) is 11.8 Å². The number of aromatic nitrogens is 3. The summed E-state index contributed by atoms with van der Waals surface area (Å²) in [5.41, 5.74) is 1.69. The Morgan fingerprint density at radius 1 is 1.12 bits per heavy atom. The van der Waals surface area contributed by atoms with Crippen LogP contribution in [0.1, 0.15) is 18.9 Å². The fourth-order valence-electron chi connectivity index (χ4n) is 2.52. The van der Waals surface area contributed by atoms with Crippen LogP contribution in [-0.4, -0.2) is 37.9 Å². The lowest BCUT2D eigenvalue weighted by molar-refractivity contribution is -0.129. The molecule has 0 spiro atoms. The molecule has 128 valence electrons. The highest BCUT2D eigenvalue weighted by atomic mass is 16.2. The number of carbonyl (C=O) groups is 2. The molecule has 0 unspecified atom stereocenters. The maximum Gasteiger partial charge on any atom is 0.227 e. The van der Waals surface area contributed by atoms with Gasteiger partial charge < -0.3 is 10.2 Å². The Kier molecular flexibility index (Phi) is 5.03. The van der Waals surface area contributed by atoms with Crippen molar-refractivity contribution in [1.29, 1.82) is 0 Å². The van der Waals surface area contributed by atoms with E-state index in [4.69, 9.17) is 0 Å². The highest BCUT2D eigenvalue weighted by Gasteiger charge is 2.13. The van der Waals surface area contributed by atoms with Crippen LogP contribution in [0.4, 0.5) is 5.82 Å². The van der Waals surface area contributed by atoms with Crippen LogP contribution in [0.2, 0.25) is 0 Å². The van der Waals surface area contributed by atoms with Gasteiger partial charge in [-0.1, -0.05) is 30.3 Å². The zero-order valence-electron chi connectivity index (χ0n) is 13.9. The molecule has 1 N–H and O–H groups in total. The fourth-order valence-corrected chi connectivity index (χ4v) is 2.52. The Balaban J connectivity index is 1.60. The Bertz CT molecular complexity index is 875. The average molecular weight is 337 g/mol. The minimum Gasteiger partial charge on any atom is -0.338 e. The van der Waals surface area contributed by atoms with Gasteiger partial charge in [0, 0.05) is 38.7 Å². The molecule has 2 amide bonds. The minimum absolute atomic E-state index is 0.0602. The number of benzene rings is 1. The summed E-state index contributed by atoms with van der Waals surface area (Å²) in [5, 5.41) is 6.94. The number of nitrogens with zero attached hydrogens (tertiary/aromatic N) is 4. The normalized spacial score (nSPS) is 10.6. The van der Waals surface area contributed by atoms with Crippen LogP contribution in [0, 0.1) is 0 Å². The average Bonchev–Trinajstić information content (AvgIpc) is 3.09. The van der Waals surface area contributed by atoms with Gasteiger partial charge in [-0.05, 0) is 11.6 Å². The van der Waals surface area contributed by atoms with Crippen LogP contribution in [0.25, 0.3) is 5.65 Å². The number of hydrogen-bond donors (Lipinski definition) is 1. The zero-order chi connectivity index (χ0) is 17.6. The summed E-state index contributed by atoms with van der Waals surface area (Å²) in [6, 6.07) is 13.2. The van der Waals surface area contributed by atoms with Crippen LogP contribution in [0.15, 0.2) is 54.9 Å². The molecule has 3 aromatic rings. The predicted octanol–water partition coefficient (Wildman–Crippen LogP) is 2.11. The molecule has 0 saturated heterocycles. The Labute approximate surface area is 145 Å². The van der Waals surface area contributed by atoms with E-state index in [0.717, 1.165) is 5.56 Å². The van der Waals surface area contributed by atoms with Crippen molar-refractivity contribution in [2.75, 3.05) is 11.9 Å². The number of fused-ring (bicyclic) bond motifs is 1. The van der Waals surface area contributed by atoms with E-state index in [2.05, 4.69) is 15.4 Å². The molecule has 2 aromatic heterocycles. The Hall–Kier alpha value is -3.22. The molecule has 0 aliphatic rings. The molecule has 0 atom stereocenters. The maximum atomic E-state index is 12.2. The van der Waals surface area contributed by atoms with Gasteiger partial charge in [-0.2, -0.15) is 9.61 Å². The molecule has 7 heteroatoms. The quantitative estimate of drug-likeness (QED) is 0.747. The first-order valence-electron chi connectivity index (χ1n) is 8.01. The van der Waals surface area contributed by atoms with E-state index in [-0.39, 0.29) is 18.2 Å². The van der Waals surface area contributed by atoms with Gasteiger partial charge in [-0.15, -0.1) is 0 Å². The first-order chi connectivity index (χ1) is 12.1. The van der Waals surface area contributed by atoms with E-state index in [9.17, 15) is 9.59 Å². The largest absolute Gasteiger partial charge is 0.338 e. The molecule has 0 fully saturated rings. The van der Waals surface area contributed by atoms with Crippen molar-refractivity contribution in [3.8, 4) is 0 Å². The van der Waals surface area contributed by atoms with Gasteiger partial charge >= 0.3 is 0 Å². The number of hydrogen-bond acceptors (Lipinski definition) is 4. The fraction of sp³-hybridized carbons (Fsp3) is 0.222. The zero-order valence-corrected chi connectivity index (χ0v) is 13.9. The minimum atomic E-state index is -0.178. The van der Waals surface area contributed by atoms with Crippen molar-refractivity contribution in [3.63, 3.8) is 0 Å². The van der Waals surface area contributed by atoms with Crippen LogP contribution in [0.3, 0.4) is 0 Å². The van der Waals surface area contributed by atoms with E-state index in [1.54, 1.807) is 33.9 Å². The lowest BCUT2D eigenvalue weighted by Gasteiger charge is -2.21. The standard InChI is InChI=1S/C18H19N5O2/c1-14(24)22(13-15-5-3-2-4-6-15)12-9-18(25)21-17-7-10-19-16-8-11-20-23(16)17/h2-8,10-11H,9,12-13H2,1H3,(H,21,25). The summed E-state index contributed by atoms with van der Waals surface area (Å²) in [6.45, 7) is 2.35. The Morgan fingerprint density at radius 3 is 2.68 bits per heavy atom. The topological polar surface area (TPSA) is 79.6 Å². The van der Waals surface area contributed by atoms with Crippen molar-refractivity contribution in [3.05, 3.63) is 60.4 Å². The first-order valence-corrected chi connectivity index (χ1v) is 8.01. The SMILES string of the molecule is CC(=O)N(CCC(=O)Nc1ccnc2ccnn12)Cc1ccccc1. The molecule has 2 heterocycles. The van der Waals surface area contributed by atoms with Crippen molar-refractivity contribution < 1.29 is 9.59 Å². The van der Waals surface area contributed by atoms with E-state index in [1.165, 1.54) is 6.92 Å². The third kappa shape index (κ3) is 4.20. The van der Waals surface area contributed by atoms with Crippen molar-refractivity contribution in [2.45, 2.75) is 19.9 Å². The maximum absolute atomic E-state index is 12.2. The van der Waals surface area contributed by atoms with E-state index >= 15 is 0 Å². The van der Waals surface area contributed by atoms with E-state index < -0.39 is 0 Å². The number of rotatable bonds is 6. The molecule has 7 nitrogen and oxygen atoms in total. The molecular formula is C18H19N5O2. The van der Waals surface area contributed by atoms with Crippen molar-refractivity contribution in [2.24, 2.45) is 0 Å². The second kappa shape index (κ2) is 7.57. The van der Waals surface area contributed by atoms with Gasteiger partial charge in [-0.25, -0.2) is 4.98 Å². The number of nitrogens with one attached hydrogen (secondary N) is 1. The molecule has 0 radical (unpaired) electrons. The third-order valence-corrected chi connectivity index (χ3v) is 3.83. The van der Waals surface area contributed by atoms with Gasteiger partial charge in [-0.3, -0.25) is 9.59 Å². The second-order valence-electron chi connectivity index (χ2n) is 5.66. The summed E-state index contributed by atoms with van der Waals surface area (Å²) >= 11 is 0. The van der Waals surface area contributed by atoms with Gasteiger partial charge in [0.25, 0.3) is 0 Å². The molecule has 0 aliphatic carbocycles. The molecule has 3 rings (SSSR count). The summed E-state index contributed by atoms with van der Waals surface area (Å²) in [5.74, 6) is 0.315. The molecule has 1 aromatic carbocycles. The predicted molar refractivity (Wildman–Crippen MR) is 93.8 cm³/mol. The first kappa shape index (κ1) is 16.6. The lowest BCUT2D eigenvalue weighted by atomic mass is 10.2. The molecule has 0 saturated carbocycles. The van der Waals surface area contributed by atoms with Crippen LogP contribution >= 0.6 is 0 Å². The molecule has 0 aliphatic heterocycles. The second-order valence-corrected chi connectivity index (χ2v) is 5.66. The molecular weight excluding hydrogens is 318 g/mol. The third-order valence-electron chi connectivity index (χ3n) is 3.83. The van der Waals surface area contributed by atoms with Gasteiger partial charge in [0.15, 0.2) is 5.65 Å². The van der Waals surface area contributed by atoms with Crippen LogP contribution in [-0.2, 0) is 16.1 Å². The van der Waals surface area contributed by atoms with Crippen LogP contribution < -0.4 is 5.32 Å². The highest BCUT2D eigenvalue weighted by molar-refractivity contribution is 5.90. The number of carbonyl (C=O) groups excluding carboxylic acids is 2. The smallest absolute Gasteiger partial charge is 0.227 e. The van der Waals surface area contributed by atoms with Crippen LogP contribution in [0.5, 0.6) is 0 Å². The highest BCUT2D eigenvalue weighted by Crippen LogP contribution is 2.10. The van der Waals surface area contributed by atoms with E-state index in [1.807, 2.05) is 30.3 Å². The van der Waals surface area contributed by atoms with Gasteiger partial charge in [0.05, 0.1) is 6.20 Å². The lowest BCUT2D eigenvalue weighted by Crippen LogP contribution is -2.31. The number of anilines is 1. The monoisotopic (exact) mass is 337 g/mol. The summed E-state index contributed by atoms with van der Waals surface area (Å²) in [6.07, 6.45) is 3.44. The van der Waals surface area contributed by atoms with E-state index in [0.29, 0.717) is 24.6 Å². The summed E-state index contributed by atoms with van der Waals surface area (Å²) < 4.78 is 1.56. The van der Waals surface area contributed by atoms with Crippen molar-refractivity contribution >= 4 is 23.3 Å². The molecule has 0 bridgehead atoms. The van der Waals surface area contributed by atoms with Gasteiger partial charge in [0.1, 0.15) is 5.82 Å². The number of amides is 2. The summed E-state index contributed by atoms with van der Waals surface area (Å²) in [4.78, 5) is 29.9. The summed E-state index contributed by atoms with van der Waals surface area (Å²) in [7, 11) is 0. The molecule has 25 heavy (non-hydrogen) atoms.